The predicted molar refractivity (Wildman–Crippen MR) is 119 cm³/mol. The molecule has 0 spiro atoms. The Labute approximate surface area is 180 Å². The van der Waals surface area contributed by atoms with Crippen LogP contribution >= 0.6 is 11.6 Å². The van der Waals surface area contributed by atoms with Crippen LogP contribution in [0.15, 0.2) is 88.9 Å². The fourth-order valence-electron chi connectivity index (χ4n) is 2.67. The van der Waals surface area contributed by atoms with Crippen LogP contribution in [0.1, 0.15) is 11.1 Å². The van der Waals surface area contributed by atoms with E-state index in [2.05, 4.69) is 10.5 Å². The molecule has 0 aliphatic carbocycles. The summed E-state index contributed by atoms with van der Waals surface area (Å²) < 4.78 is 27.4. The Morgan fingerprint density at radius 1 is 1.00 bits per heavy atom. The fraction of sp³-hybridized carbons (Fsp3) is 0.0909. The predicted octanol–water partition coefficient (Wildman–Crippen LogP) is 3.99. The van der Waals surface area contributed by atoms with Gasteiger partial charge in [-0.2, -0.15) is 5.10 Å². The zero-order valence-corrected chi connectivity index (χ0v) is 17.8. The maximum Gasteiger partial charge on any atom is 0.264 e. The largest absolute Gasteiger partial charge is 0.271 e. The van der Waals surface area contributed by atoms with Crippen LogP contribution in [-0.2, 0) is 14.8 Å². The van der Waals surface area contributed by atoms with Gasteiger partial charge in [-0.05, 0) is 37.3 Å². The van der Waals surface area contributed by atoms with E-state index in [0.717, 1.165) is 9.87 Å². The lowest BCUT2D eigenvalue weighted by atomic mass is 10.2. The molecule has 0 saturated heterocycles. The van der Waals surface area contributed by atoms with Crippen molar-refractivity contribution in [2.45, 2.75) is 11.8 Å². The Morgan fingerprint density at radius 2 is 1.63 bits per heavy atom. The average Bonchev–Trinajstić information content (AvgIpc) is 2.75. The van der Waals surface area contributed by atoms with E-state index in [1.54, 1.807) is 66.7 Å². The number of hydrazone groups is 1. The molecule has 3 rings (SSSR count). The van der Waals surface area contributed by atoms with E-state index >= 15 is 0 Å². The molecule has 154 valence electrons. The quantitative estimate of drug-likeness (QED) is 0.444. The Balaban J connectivity index is 1.83. The maximum atomic E-state index is 13.2. The van der Waals surface area contributed by atoms with E-state index in [0.29, 0.717) is 16.3 Å². The molecule has 1 amide bonds. The van der Waals surface area contributed by atoms with Crippen LogP contribution < -0.4 is 9.73 Å². The van der Waals surface area contributed by atoms with Crippen molar-refractivity contribution in [3.05, 3.63) is 95.0 Å². The van der Waals surface area contributed by atoms with Crippen molar-refractivity contribution in [2.75, 3.05) is 10.8 Å². The average molecular weight is 442 g/mol. The molecule has 0 bridgehead atoms. The summed E-state index contributed by atoms with van der Waals surface area (Å²) in [5.41, 5.74) is 4.35. The number of amides is 1. The molecule has 0 aliphatic heterocycles. The number of halogens is 1. The minimum Gasteiger partial charge on any atom is -0.271 e. The summed E-state index contributed by atoms with van der Waals surface area (Å²) in [6, 6.07) is 21.9. The van der Waals surface area contributed by atoms with Gasteiger partial charge >= 0.3 is 0 Å². The monoisotopic (exact) mass is 441 g/mol. The highest BCUT2D eigenvalue weighted by Crippen LogP contribution is 2.23. The summed E-state index contributed by atoms with van der Waals surface area (Å²) in [7, 11) is -3.95. The molecule has 3 aromatic carbocycles. The number of aryl methyl sites for hydroxylation is 1. The molecular formula is C22H20ClN3O3S. The lowest BCUT2D eigenvalue weighted by Crippen LogP contribution is -2.39. The van der Waals surface area contributed by atoms with Crippen molar-refractivity contribution in [3.8, 4) is 0 Å². The minimum atomic E-state index is -3.95. The number of nitrogens with one attached hydrogen (secondary N) is 1. The third-order valence-corrected chi connectivity index (χ3v) is 6.37. The summed E-state index contributed by atoms with van der Waals surface area (Å²) in [6.07, 6.45) is 1.40. The van der Waals surface area contributed by atoms with Crippen molar-refractivity contribution >= 4 is 39.4 Å². The van der Waals surface area contributed by atoms with Crippen LogP contribution in [0.5, 0.6) is 0 Å². The van der Waals surface area contributed by atoms with Crippen LogP contribution in [0.25, 0.3) is 0 Å². The maximum absolute atomic E-state index is 13.2. The zero-order chi connectivity index (χ0) is 21.6. The second-order valence-electron chi connectivity index (χ2n) is 6.47. The van der Waals surface area contributed by atoms with E-state index in [4.69, 9.17) is 11.6 Å². The Bertz CT molecular complexity index is 1150. The van der Waals surface area contributed by atoms with Gasteiger partial charge in [0.05, 0.1) is 16.8 Å². The molecule has 0 fully saturated rings. The minimum absolute atomic E-state index is 0.0953. The number of carbonyl (C=O) groups excluding carboxylic acids is 1. The van der Waals surface area contributed by atoms with Crippen LogP contribution in [-0.4, -0.2) is 27.1 Å². The first-order chi connectivity index (χ1) is 14.4. The zero-order valence-electron chi connectivity index (χ0n) is 16.2. The molecule has 0 unspecified atom stereocenters. The van der Waals surface area contributed by atoms with Gasteiger partial charge in [0, 0.05) is 10.6 Å². The van der Waals surface area contributed by atoms with Crippen LogP contribution in [0, 0.1) is 6.92 Å². The molecule has 0 atom stereocenters. The van der Waals surface area contributed by atoms with E-state index in [-0.39, 0.29) is 4.90 Å². The fourth-order valence-corrected chi connectivity index (χ4v) is 4.29. The first-order valence-electron chi connectivity index (χ1n) is 9.09. The van der Waals surface area contributed by atoms with Gasteiger partial charge in [0.15, 0.2) is 0 Å². The topological polar surface area (TPSA) is 78.8 Å². The molecule has 0 radical (unpaired) electrons. The number of sulfonamides is 1. The highest BCUT2D eigenvalue weighted by Gasteiger charge is 2.26. The number of nitrogens with zero attached hydrogens (tertiary/aromatic N) is 2. The summed E-state index contributed by atoms with van der Waals surface area (Å²) in [5.74, 6) is -0.585. The third-order valence-electron chi connectivity index (χ3n) is 4.24. The van der Waals surface area contributed by atoms with Gasteiger partial charge in [-0.25, -0.2) is 13.8 Å². The second kappa shape index (κ2) is 9.56. The molecule has 0 heterocycles. The summed E-state index contributed by atoms with van der Waals surface area (Å²) >= 11 is 6.05. The first-order valence-corrected chi connectivity index (χ1v) is 10.9. The normalized spacial score (nSPS) is 11.4. The number of hydrogen-bond donors (Lipinski definition) is 1. The summed E-state index contributed by atoms with van der Waals surface area (Å²) in [6.45, 7) is 1.47. The number of anilines is 1. The molecule has 8 heteroatoms. The first kappa shape index (κ1) is 21.5. The van der Waals surface area contributed by atoms with Crippen molar-refractivity contribution in [1.82, 2.24) is 5.43 Å². The second-order valence-corrected chi connectivity index (χ2v) is 8.74. The van der Waals surface area contributed by atoms with Crippen LogP contribution in [0.3, 0.4) is 0 Å². The Morgan fingerprint density at radius 3 is 2.30 bits per heavy atom. The number of hydrogen-bond acceptors (Lipinski definition) is 4. The van der Waals surface area contributed by atoms with Gasteiger partial charge in [0.2, 0.25) is 0 Å². The summed E-state index contributed by atoms with van der Waals surface area (Å²) in [4.78, 5) is 12.6. The summed E-state index contributed by atoms with van der Waals surface area (Å²) in [5, 5.41) is 4.38. The van der Waals surface area contributed by atoms with Crippen molar-refractivity contribution in [2.24, 2.45) is 5.10 Å². The van der Waals surface area contributed by atoms with E-state index in [1.807, 2.05) is 6.92 Å². The van der Waals surface area contributed by atoms with Gasteiger partial charge in [-0.1, -0.05) is 65.7 Å². The van der Waals surface area contributed by atoms with E-state index in [1.165, 1.54) is 18.3 Å². The number of benzene rings is 3. The van der Waals surface area contributed by atoms with E-state index < -0.39 is 22.5 Å². The smallest absolute Gasteiger partial charge is 0.264 e. The molecule has 1 N–H and O–H groups in total. The van der Waals surface area contributed by atoms with Gasteiger partial charge in [0.25, 0.3) is 15.9 Å². The Kier molecular flexibility index (Phi) is 6.87. The SMILES string of the molecule is Cc1ccc(N(CC(=O)N/N=C\c2ccccc2Cl)S(=O)(=O)c2ccccc2)cc1. The molecule has 0 saturated carbocycles. The van der Waals surface area contributed by atoms with E-state index in [9.17, 15) is 13.2 Å². The van der Waals surface area contributed by atoms with Crippen molar-refractivity contribution < 1.29 is 13.2 Å². The van der Waals surface area contributed by atoms with Gasteiger partial charge in [-0.3, -0.25) is 9.10 Å². The third kappa shape index (κ3) is 5.25. The highest BCUT2D eigenvalue weighted by molar-refractivity contribution is 7.92. The van der Waals surface area contributed by atoms with Gasteiger partial charge in [0.1, 0.15) is 6.54 Å². The Hall–Kier alpha value is -3.16. The van der Waals surface area contributed by atoms with Crippen molar-refractivity contribution in [1.29, 1.82) is 0 Å². The molecule has 6 nitrogen and oxygen atoms in total. The number of carbonyl (C=O) groups is 1. The lowest BCUT2D eigenvalue weighted by Gasteiger charge is -2.23. The molecule has 3 aromatic rings. The lowest BCUT2D eigenvalue weighted by molar-refractivity contribution is -0.119. The molecule has 30 heavy (non-hydrogen) atoms. The van der Waals surface area contributed by atoms with Gasteiger partial charge in [-0.15, -0.1) is 0 Å². The van der Waals surface area contributed by atoms with Crippen LogP contribution in [0.2, 0.25) is 5.02 Å². The standard InChI is InChI=1S/C22H20ClN3O3S/c1-17-11-13-19(14-12-17)26(30(28,29)20-8-3-2-4-9-20)16-22(27)25-24-15-18-7-5-6-10-21(18)23/h2-15H,16H2,1H3,(H,25,27)/b24-15-. The van der Waals surface area contributed by atoms with Gasteiger partial charge < -0.3 is 0 Å². The van der Waals surface area contributed by atoms with Crippen LogP contribution in [0.4, 0.5) is 5.69 Å². The number of rotatable bonds is 7. The molecule has 0 aliphatic rings. The molecular weight excluding hydrogens is 422 g/mol. The van der Waals surface area contributed by atoms with Crippen molar-refractivity contribution in [3.63, 3.8) is 0 Å². The highest BCUT2D eigenvalue weighted by atomic mass is 35.5. The molecule has 0 aromatic heterocycles.